The fourth-order valence-electron chi connectivity index (χ4n) is 12.1. The van der Waals surface area contributed by atoms with Crippen LogP contribution in [0.5, 0.6) is 0 Å². The van der Waals surface area contributed by atoms with Crippen molar-refractivity contribution in [3.63, 3.8) is 0 Å². The van der Waals surface area contributed by atoms with E-state index in [1.807, 2.05) is 0 Å². The summed E-state index contributed by atoms with van der Waals surface area (Å²) in [5.41, 5.74) is 1.13. The van der Waals surface area contributed by atoms with E-state index >= 15 is 0 Å². The van der Waals surface area contributed by atoms with Gasteiger partial charge >= 0.3 is 0 Å². The molecule has 0 aliphatic heterocycles. The predicted molar refractivity (Wildman–Crippen MR) is 293 cm³/mol. The van der Waals surface area contributed by atoms with Crippen molar-refractivity contribution in [1.82, 2.24) is 0 Å². The molecule has 63 heavy (non-hydrogen) atoms. The average molecular weight is 886 g/mol. The average Bonchev–Trinajstić information content (AvgIpc) is 3.29. The molecule has 0 aromatic heterocycles. The Balaban J connectivity index is 6.63. The van der Waals surface area contributed by atoms with Crippen LogP contribution in [0.3, 0.4) is 0 Å². The molecule has 3 atom stereocenters. The summed E-state index contributed by atoms with van der Waals surface area (Å²) in [5, 5.41) is 0. The first-order valence-electron chi connectivity index (χ1n) is 31.0. The first-order chi connectivity index (χ1) is 31.0. The summed E-state index contributed by atoms with van der Waals surface area (Å²) < 4.78 is 0. The van der Waals surface area contributed by atoms with Gasteiger partial charge in [0.05, 0.1) is 0 Å². The lowest BCUT2D eigenvalue weighted by Crippen LogP contribution is -2.34. The lowest BCUT2D eigenvalue weighted by Gasteiger charge is -2.46. The van der Waals surface area contributed by atoms with Gasteiger partial charge in [-0.05, 0) is 55.3 Å². The highest BCUT2D eigenvalue weighted by Gasteiger charge is 2.40. The van der Waals surface area contributed by atoms with Crippen LogP contribution in [0.4, 0.5) is 0 Å². The molecule has 0 heteroatoms. The molecule has 0 bridgehead atoms. The molecule has 380 valence electrons. The second kappa shape index (κ2) is 49.9. The SMILES string of the molecule is CCCCCCCCCCC(CCCCCCCC)CC(CCCCCCCCC)(CCCCCCCCCC)CC(CC)(CCCCCCCCC)CCCCCCCCCC. The molecule has 0 N–H and O–H groups in total. The van der Waals surface area contributed by atoms with E-state index in [1.165, 1.54) is 315 Å². The molecule has 0 fully saturated rings. The normalized spacial score (nSPS) is 14.3. The summed E-state index contributed by atoms with van der Waals surface area (Å²) in [7, 11) is 0. The van der Waals surface area contributed by atoms with Gasteiger partial charge in [0.1, 0.15) is 0 Å². The number of hydrogen-bond acceptors (Lipinski definition) is 0. The van der Waals surface area contributed by atoms with Gasteiger partial charge in [-0.3, -0.25) is 0 Å². The zero-order chi connectivity index (χ0) is 46.1. The third-order valence-corrected chi connectivity index (χ3v) is 16.4. The molecule has 0 aliphatic rings. The Kier molecular flexibility index (Phi) is 49.9. The predicted octanol–water partition coefficient (Wildman–Crippen LogP) is 24.4. The van der Waals surface area contributed by atoms with Crippen molar-refractivity contribution in [2.45, 2.75) is 389 Å². The maximum Gasteiger partial charge on any atom is -0.0290 e. The van der Waals surface area contributed by atoms with Gasteiger partial charge in [0.2, 0.25) is 0 Å². The van der Waals surface area contributed by atoms with Crippen LogP contribution in [-0.2, 0) is 0 Å². The maximum atomic E-state index is 2.68. The molecule has 0 heterocycles. The topological polar surface area (TPSA) is 0 Å². The van der Waals surface area contributed by atoms with Crippen molar-refractivity contribution in [1.29, 1.82) is 0 Å². The molecule has 0 aliphatic carbocycles. The molecule has 0 aromatic rings. The lowest BCUT2D eigenvalue weighted by molar-refractivity contribution is 0.0499. The number of unbranched alkanes of at least 4 members (excludes halogenated alkanes) is 38. The summed E-state index contributed by atoms with van der Waals surface area (Å²) in [6, 6.07) is 0. The van der Waals surface area contributed by atoms with E-state index in [4.69, 9.17) is 0 Å². The monoisotopic (exact) mass is 885 g/mol. The van der Waals surface area contributed by atoms with Gasteiger partial charge in [0.25, 0.3) is 0 Å². The largest absolute Gasteiger partial charge is 0.0654 e. The Morgan fingerprint density at radius 3 is 0.667 bits per heavy atom. The first-order valence-corrected chi connectivity index (χ1v) is 31.0. The molecular formula is C63H128. The Labute approximate surface area is 403 Å². The van der Waals surface area contributed by atoms with Crippen LogP contribution >= 0.6 is 0 Å². The van der Waals surface area contributed by atoms with E-state index < -0.39 is 0 Å². The molecule has 0 radical (unpaired) electrons. The van der Waals surface area contributed by atoms with Crippen molar-refractivity contribution in [3.8, 4) is 0 Å². The van der Waals surface area contributed by atoms with Gasteiger partial charge in [0.15, 0.2) is 0 Å². The van der Waals surface area contributed by atoms with E-state index in [0.29, 0.717) is 10.8 Å². The van der Waals surface area contributed by atoms with Gasteiger partial charge in [0, 0.05) is 0 Å². The lowest BCUT2D eigenvalue weighted by atomic mass is 9.59. The Morgan fingerprint density at radius 2 is 0.429 bits per heavy atom. The molecule has 0 rings (SSSR count). The molecule has 0 saturated heterocycles. The molecule has 0 saturated carbocycles. The van der Waals surface area contributed by atoms with Crippen LogP contribution in [0.15, 0.2) is 0 Å². The van der Waals surface area contributed by atoms with Crippen molar-refractivity contribution >= 4 is 0 Å². The second-order valence-corrected chi connectivity index (χ2v) is 22.6. The minimum atomic E-state index is 0.565. The fraction of sp³-hybridized carbons (Fsp3) is 1.00. The van der Waals surface area contributed by atoms with E-state index in [0.717, 1.165) is 5.92 Å². The smallest absolute Gasteiger partial charge is 0.0290 e. The standard InChI is InChI=1S/C63H128/c1-8-15-21-27-33-36-42-48-54-61(53-47-41-32-26-20-13-6)59-63(57-51-45-38-31-25-19-12-5,58-52-46-40-35-29-23-17-10-3)60-62(14-7,55-49-43-37-30-24-18-11-4)56-50-44-39-34-28-22-16-9-2/h61H,8-60H2,1-7H3. The van der Waals surface area contributed by atoms with Crippen LogP contribution in [0, 0.1) is 16.7 Å². The van der Waals surface area contributed by atoms with Gasteiger partial charge in [-0.2, -0.15) is 0 Å². The molecule has 0 amide bonds. The highest BCUT2D eigenvalue weighted by Crippen LogP contribution is 2.53. The van der Waals surface area contributed by atoms with Crippen LogP contribution in [0.25, 0.3) is 0 Å². The van der Waals surface area contributed by atoms with E-state index in [2.05, 4.69) is 48.5 Å². The van der Waals surface area contributed by atoms with Crippen molar-refractivity contribution in [2.24, 2.45) is 16.7 Å². The van der Waals surface area contributed by atoms with Crippen LogP contribution in [0.2, 0.25) is 0 Å². The minimum Gasteiger partial charge on any atom is -0.0654 e. The summed E-state index contributed by atoms with van der Waals surface area (Å²) in [6.45, 7) is 16.9. The maximum absolute atomic E-state index is 2.68. The van der Waals surface area contributed by atoms with Crippen LogP contribution in [0.1, 0.15) is 389 Å². The minimum absolute atomic E-state index is 0.565. The molecule has 0 spiro atoms. The van der Waals surface area contributed by atoms with Gasteiger partial charge in [-0.1, -0.05) is 350 Å². The molecular weight excluding hydrogens is 757 g/mol. The van der Waals surface area contributed by atoms with Crippen molar-refractivity contribution in [3.05, 3.63) is 0 Å². The van der Waals surface area contributed by atoms with Crippen molar-refractivity contribution < 1.29 is 0 Å². The Morgan fingerprint density at radius 1 is 0.222 bits per heavy atom. The van der Waals surface area contributed by atoms with Gasteiger partial charge in [-0.25, -0.2) is 0 Å². The third-order valence-electron chi connectivity index (χ3n) is 16.4. The summed E-state index contributed by atoms with van der Waals surface area (Å²) in [6.07, 6.45) is 78.3. The van der Waals surface area contributed by atoms with Crippen LogP contribution < -0.4 is 0 Å². The van der Waals surface area contributed by atoms with E-state index in [1.54, 1.807) is 25.7 Å². The molecule has 3 unspecified atom stereocenters. The van der Waals surface area contributed by atoms with E-state index in [9.17, 15) is 0 Å². The second-order valence-electron chi connectivity index (χ2n) is 22.6. The zero-order valence-corrected chi connectivity index (χ0v) is 46.1. The Hall–Kier alpha value is 0. The molecule has 0 nitrogen and oxygen atoms in total. The third kappa shape index (κ3) is 40.8. The quantitative estimate of drug-likeness (QED) is 0.0534. The summed E-state index contributed by atoms with van der Waals surface area (Å²) in [4.78, 5) is 0. The van der Waals surface area contributed by atoms with E-state index in [-0.39, 0.29) is 0 Å². The van der Waals surface area contributed by atoms with Crippen molar-refractivity contribution in [2.75, 3.05) is 0 Å². The summed E-state index contributed by atoms with van der Waals surface area (Å²) >= 11 is 0. The zero-order valence-electron chi connectivity index (χ0n) is 46.1. The first kappa shape index (κ1) is 63.0. The highest BCUT2D eigenvalue weighted by atomic mass is 14.5. The number of rotatable bonds is 55. The highest BCUT2D eigenvalue weighted by molar-refractivity contribution is 4.92. The Bertz CT molecular complexity index is 828. The summed E-state index contributed by atoms with van der Waals surface area (Å²) in [5.74, 6) is 0.964. The van der Waals surface area contributed by atoms with Gasteiger partial charge in [-0.15, -0.1) is 0 Å². The van der Waals surface area contributed by atoms with Gasteiger partial charge < -0.3 is 0 Å². The van der Waals surface area contributed by atoms with Crippen LogP contribution in [-0.4, -0.2) is 0 Å². The molecule has 0 aromatic carbocycles. The number of hydrogen-bond donors (Lipinski definition) is 0. The fourth-order valence-corrected chi connectivity index (χ4v) is 12.1.